The van der Waals surface area contributed by atoms with Gasteiger partial charge in [-0.1, -0.05) is 12.1 Å². The molecule has 5 rings (SSSR count). The first-order chi connectivity index (χ1) is 9.74. The van der Waals surface area contributed by atoms with Gasteiger partial charge in [0.1, 0.15) is 0 Å². The van der Waals surface area contributed by atoms with E-state index in [4.69, 9.17) is 0 Å². The second-order valence-corrected chi connectivity index (χ2v) is 6.55. The van der Waals surface area contributed by atoms with E-state index in [1.807, 2.05) is 12.1 Å². The van der Waals surface area contributed by atoms with E-state index < -0.39 is 0 Å². The lowest BCUT2D eigenvalue weighted by atomic mass is 9.81. The molecule has 4 aliphatic rings. The number of fused-ring (bicyclic) bond motifs is 4. The van der Waals surface area contributed by atoms with E-state index in [-0.39, 0.29) is 18.3 Å². The average Bonchev–Trinajstić information content (AvgIpc) is 2.50. The summed E-state index contributed by atoms with van der Waals surface area (Å²) in [6.07, 6.45) is 3.57. The number of carbonyl (C=O) groups is 1. The fraction of sp³-hybridized carbons (Fsp3) is 0.588. The number of halogens is 1. The summed E-state index contributed by atoms with van der Waals surface area (Å²) in [5, 5.41) is 0. The Bertz CT molecular complexity index is 552. The second-order valence-electron chi connectivity index (χ2n) is 6.55. The standard InChI is InChI=1S/C17H22N2O.ClH/c1-12-3-2-4-15-14(12)7-10-19(17(15)20)16-11-18-8-5-13(16)6-9-18;/h2-4,13,16H,5-11H2,1H3;1H/t16-;/m0./s1. The molecule has 3 saturated heterocycles. The van der Waals surface area contributed by atoms with Crippen LogP contribution in [0.4, 0.5) is 0 Å². The van der Waals surface area contributed by atoms with Crippen LogP contribution in [0.2, 0.25) is 0 Å². The molecule has 21 heavy (non-hydrogen) atoms. The van der Waals surface area contributed by atoms with Crippen molar-refractivity contribution in [3.63, 3.8) is 0 Å². The molecule has 4 heteroatoms. The maximum atomic E-state index is 12.9. The van der Waals surface area contributed by atoms with Gasteiger partial charge in [-0.2, -0.15) is 0 Å². The van der Waals surface area contributed by atoms with Crippen LogP contribution < -0.4 is 0 Å². The number of piperidine rings is 3. The summed E-state index contributed by atoms with van der Waals surface area (Å²) in [6, 6.07) is 6.61. The van der Waals surface area contributed by atoms with Gasteiger partial charge in [-0.3, -0.25) is 4.79 Å². The molecular weight excluding hydrogens is 284 g/mol. The molecule has 0 N–H and O–H groups in total. The number of aryl methyl sites for hydroxylation is 1. The smallest absolute Gasteiger partial charge is 0.254 e. The van der Waals surface area contributed by atoms with Gasteiger partial charge in [0.2, 0.25) is 0 Å². The Hall–Kier alpha value is -1.06. The molecule has 114 valence electrons. The van der Waals surface area contributed by atoms with Crippen LogP contribution in [-0.2, 0) is 6.42 Å². The second kappa shape index (κ2) is 5.62. The molecule has 0 aromatic heterocycles. The normalized spacial score (nSPS) is 30.8. The number of hydrogen-bond donors (Lipinski definition) is 0. The first kappa shape index (κ1) is 14.9. The monoisotopic (exact) mass is 306 g/mol. The lowest BCUT2D eigenvalue weighted by Gasteiger charge is -2.50. The van der Waals surface area contributed by atoms with E-state index in [9.17, 15) is 4.79 Å². The Labute approximate surface area is 132 Å². The molecule has 0 spiro atoms. The first-order valence-corrected chi connectivity index (χ1v) is 7.86. The summed E-state index contributed by atoms with van der Waals surface area (Å²) in [6.45, 7) is 6.59. The molecule has 1 aromatic rings. The summed E-state index contributed by atoms with van der Waals surface area (Å²) in [7, 11) is 0. The Balaban J connectivity index is 0.00000132. The Kier molecular flexibility index (Phi) is 3.98. The van der Waals surface area contributed by atoms with Gasteiger partial charge in [-0.15, -0.1) is 12.4 Å². The van der Waals surface area contributed by atoms with E-state index in [0.717, 1.165) is 31.0 Å². The van der Waals surface area contributed by atoms with E-state index in [2.05, 4.69) is 22.8 Å². The maximum absolute atomic E-state index is 12.9. The van der Waals surface area contributed by atoms with Gasteiger partial charge in [0.05, 0.1) is 0 Å². The lowest BCUT2D eigenvalue weighted by Crippen LogP contribution is -2.59. The summed E-state index contributed by atoms with van der Waals surface area (Å²) >= 11 is 0. The zero-order valence-electron chi connectivity index (χ0n) is 12.5. The quantitative estimate of drug-likeness (QED) is 0.796. The number of hydrogen-bond acceptors (Lipinski definition) is 2. The lowest BCUT2D eigenvalue weighted by molar-refractivity contribution is 0.00604. The molecule has 1 amide bonds. The van der Waals surface area contributed by atoms with Crippen LogP contribution in [-0.4, -0.2) is 47.9 Å². The predicted molar refractivity (Wildman–Crippen MR) is 86.1 cm³/mol. The zero-order chi connectivity index (χ0) is 13.7. The minimum Gasteiger partial charge on any atom is -0.334 e. The third-order valence-corrected chi connectivity index (χ3v) is 5.53. The van der Waals surface area contributed by atoms with Gasteiger partial charge >= 0.3 is 0 Å². The number of rotatable bonds is 1. The van der Waals surface area contributed by atoms with Crippen LogP contribution in [0.5, 0.6) is 0 Å². The van der Waals surface area contributed by atoms with Crippen molar-refractivity contribution >= 4 is 18.3 Å². The van der Waals surface area contributed by atoms with Crippen LogP contribution in [0.1, 0.15) is 34.3 Å². The SMILES string of the molecule is Cc1cccc2c1CCN([C@H]1CN3CCC1CC3)C2=O.Cl. The predicted octanol–water partition coefficient (Wildman–Crippen LogP) is 2.51. The van der Waals surface area contributed by atoms with Crippen molar-refractivity contribution < 1.29 is 4.79 Å². The largest absolute Gasteiger partial charge is 0.334 e. The van der Waals surface area contributed by atoms with Crippen molar-refractivity contribution in [3.05, 3.63) is 34.9 Å². The van der Waals surface area contributed by atoms with Crippen LogP contribution in [0.15, 0.2) is 18.2 Å². The molecular formula is C17H23ClN2O. The topological polar surface area (TPSA) is 23.6 Å². The Morgan fingerprint density at radius 3 is 2.57 bits per heavy atom. The van der Waals surface area contributed by atoms with Gasteiger partial charge in [0.25, 0.3) is 5.91 Å². The van der Waals surface area contributed by atoms with Crippen molar-refractivity contribution in [2.45, 2.75) is 32.2 Å². The van der Waals surface area contributed by atoms with Crippen molar-refractivity contribution in [3.8, 4) is 0 Å². The van der Waals surface area contributed by atoms with Crippen LogP contribution >= 0.6 is 12.4 Å². The average molecular weight is 307 g/mol. The van der Waals surface area contributed by atoms with Gasteiger partial charge in [0.15, 0.2) is 0 Å². The fourth-order valence-electron chi connectivity index (χ4n) is 4.33. The third-order valence-electron chi connectivity index (χ3n) is 5.53. The summed E-state index contributed by atoms with van der Waals surface area (Å²) < 4.78 is 0. The number of amides is 1. The molecule has 1 aromatic carbocycles. The Morgan fingerprint density at radius 2 is 1.90 bits per heavy atom. The minimum atomic E-state index is 0. The summed E-state index contributed by atoms with van der Waals surface area (Å²) in [4.78, 5) is 17.6. The van der Waals surface area contributed by atoms with Crippen molar-refractivity contribution in [1.29, 1.82) is 0 Å². The molecule has 4 aliphatic heterocycles. The summed E-state index contributed by atoms with van der Waals surface area (Å²) in [5.41, 5.74) is 3.49. The molecule has 1 atom stereocenters. The molecule has 0 radical (unpaired) electrons. The highest BCUT2D eigenvalue weighted by Crippen LogP contribution is 2.33. The van der Waals surface area contributed by atoms with Crippen molar-refractivity contribution in [1.82, 2.24) is 9.80 Å². The van der Waals surface area contributed by atoms with Crippen LogP contribution in [0.3, 0.4) is 0 Å². The van der Waals surface area contributed by atoms with Gasteiger partial charge < -0.3 is 9.80 Å². The molecule has 3 fully saturated rings. The molecule has 0 aliphatic carbocycles. The van der Waals surface area contributed by atoms with E-state index >= 15 is 0 Å². The zero-order valence-corrected chi connectivity index (χ0v) is 13.4. The highest BCUT2D eigenvalue weighted by molar-refractivity contribution is 5.97. The molecule has 4 heterocycles. The molecule has 3 nitrogen and oxygen atoms in total. The molecule has 0 saturated carbocycles. The Morgan fingerprint density at radius 1 is 1.14 bits per heavy atom. The summed E-state index contributed by atoms with van der Waals surface area (Å²) in [5.74, 6) is 1.00. The number of nitrogens with zero attached hydrogens (tertiary/aromatic N) is 2. The van der Waals surface area contributed by atoms with E-state index in [0.29, 0.717) is 6.04 Å². The van der Waals surface area contributed by atoms with E-state index in [1.165, 1.54) is 37.1 Å². The van der Waals surface area contributed by atoms with Gasteiger partial charge in [-0.25, -0.2) is 0 Å². The number of carbonyl (C=O) groups excluding carboxylic acids is 1. The van der Waals surface area contributed by atoms with Crippen LogP contribution in [0, 0.1) is 12.8 Å². The molecule has 2 bridgehead atoms. The highest BCUT2D eigenvalue weighted by atomic mass is 35.5. The maximum Gasteiger partial charge on any atom is 0.254 e. The van der Waals surface area contributed by atoms with Crippen molar-refractivity contribution in [2.24, 2.45) is 5.92 Å². The molecule has 0 unspecified atom stereocenters. The third kappa shape index (κ3) is 2.36. The van der Waals surface area contributed by atoms with E-state index in [1.54, 1.807) is 0 Å². The van der Waals surface area contributed by atoms with Crippen molar-refractivity contribution in [2.75, 3.05) is 26.2 Å². The highest BCUT2D eigenvalue weighted by Gasteiger charge is 2.40. The van der Waals surface area contributed by atoms with Gasteiger partial charge in [0, 0.05) is 24.7 Å². The first-order valence-electron chi connectivity index (χ1n) is 7.86. The van der Waals surface area contributed by atoms with Crippen LogP contribution in [0.25, 0.3) is 0 Å². The minimum absolute atomic E-state index is 0. The van der Waals surface area contributed by atoms with Gasteiger partial charge in [-0.05, 0) is 62.4 Å². The number of benzene rings is 1. The fourth-order valence-corrected chi connectivity index (χ4v) is 4.33.